The number of thiazole rings is 1. The van der Waals surface area contributed by atoms with Crippen LogP contribution >= 0.6 is 11.3 Å². The average Bonchev–Trinajstić information content (AvgIpc) is 2.71. The summed E-state index contributed by atoms with van der Waals surface area (Å²) < 4.78 is 0. The molecule has 2 aromatic rings. The number of nitrogens with zero attached hydrogens (tertiary/aromatic N) is 1. The van der Waals surface area contributed by atoms with Crippen LogP contribution in [0, 0.1) is 6.92 Å². The lowest BCUT2D eigenvalue weighted by molar-refractivity contribution is 0.997. The van der Waals surface area contributed by atoms with Crippen LogP contribution in [0.1, 0.15) is 23.1 Å². The first-order chi connectivity index (χ1) is 8.29. The van der Waals surface area contributed by atoms with Gasteiger partial charge >= 0.3 is 0 Å². The summed E-state index contributed by atoms with van der Waals surface area (Å²) in [4.78, 5) is 5.90. The SMILES string of the molecule is CCc1nc(NCCc2ccccc2)sc1C. The number of aromatic nitrogens is 1. The fraction of sp³-hybridized carbons (Fsp3) is 0.357. The maximum atomic E-state index is 4.57. The van der Waals surface area contributed by atoms with E-state index in [1.54, 1.807) is 11.3 Å². The van der Waals surface area contributed by atoms with Crippen LogP contribution in [-0.2, 0) is 12.8 Å². The molecule has 1 aromatic carbocycles. The van der Waals surface area contributed by atoms with Gasteiger partial charge in [0.2, 0.25) is 0 Å². The third kappa shape index (κ3) is 3.30. The van der Waals surface area contributed by atoms with Gasteiger partial charge in [0.1, 0.15) is 0 Å². The minimum atomic E-state index is 0.945. The molecule has 0 radical (unpaired) electrons. The van der Waals surface area contributed by atoms with Crippen molar-refractivity contribution in [1.82, 2.24) is 4.98 Å². The first-order valence-corrected chi connectivity index (χ1v) is 6.85. The lowest BCUT2D eigenvalue weighted by atomic mass is 10.1. The number of hydrogen-bond donors (Lipinski definition) is 1. The average molecular weight is 246 g/mol. The Labute approximate surface area is 107 Å². The number of rotatable bonds is 5. The molecule has 0 atom stereocenters. The van der Waals surface area contributed by atoms with Gasteiger partial charge in [0.25, 0.3) is 0 Å². The van der Waals surface area contributed by atoms with Crippen molar-refractivity contribution < 1.29 is 0 Å². The van der Waals surface area contributed by atoms with Crippen molar-refractivity contribution in [3.05, 3.63) is 46.5 Å². The first kappa shape index (κ1) is 12.1. The third-order valence-electron chi connectivity index (χ3n) is 2.76. The molecule has 1 N–H and O–H groups in total. The summed E-state index contributed by atoms with van der Waals surface area (Å²) in [7, 11) is 0. The molecule has 2 nitrogen and oxygen atoms in total. The molecule has 1 aromatic heterocycles. The minimum Gasteiger partial charge on any atom is -0.361 e. The maximum absolute atomic E-state index is 4.57. The second kappa shape index (κ2) is 5.82. The highest BCUT2D eigenvalue weighted by Gasteiger charge is 2.04. The molecular weight excluding hydrogens is 228 g/mol. The zero-order valence-corrected chi connectivity index (χ0v) is 11.2. The molecule has 1 heterocycles. The van der Waals surface area contributed by atoms with Crippen LogP contribution in [0.15, 0.2) is 30.3 Å². The standard InChI is InChI=1S/C14H18N2S/c1-3-13-11(2)17-14(16-13)15-10-9-12-7-5-4-6-8-12/h4-8H,3,9-10H2,1-2H3,(H,15,16). The summed E-state index contributed by atoms with van der Waals surface area (Å²) in [5.74, 6) is 0. The van der Waals surface area contributed by atoms with Crippen molar-refractivity contribution in [2.24, 2.45) is 0 Å². The van der Waals surface area contributed by atoms with Gasteiger partial charge in [-0.2, -0.15) is 0 Å². The third-order valence-corrected chi connectivity index (χ3v) is 3.73. The number of benzene rings is 1. The van der Waals surface area contributed by atoms with Crippen molar-refractivity contribution >= 4 is 16.5 Å². The second-order valence-corrected chi connectivity index (χ2v) is 5.24. The molecule has 0 spiro atoms. The van der Waals surface area contributed by atoms with Gasteiger partial charge in [-0.3, -0.25) is 0 Å². The summed E-state index contributed by atoms with van der Waals surface area (Å²) in [6, 6.07) is 10.5. The summed E-state index contributed by atoms with van der Waals surface area (Å²) >= 11 is 1.75. The second-order valence-electron chi connectivity index (χ2n) is 4.04. The first-order valence-electron chi connectivity index (χ1n) is 6.03. The molecule has 0 saturated carbocycles. The highest BCUT2D eigenvalue weighted by atomic mass is 32.1. The van der Waals surface area contributed by atoms with Crippen molar-refractivity contribution in [2.75, 3.05) is 11.9 Å². The van der Waals surface area contributed by atoms with Gasteiger partial charge in [-0.15, -0.1) is 11.3 Å². The van der Waals surface area contributed by atoms with Crippen LogP contribution in [0.4, 0.5) is 5.13 Å². The lowest BCUT2D eigenvalue weighted by Gasteiger charge is -2.02. The van der Waals surface area contributed by atoms with Gasteiger partial charge in [0, 0.05) is 11.4 Å². The Hall–Kier alpha value is -1.35. The van der Waals surface area contributed by atoms with Crippen molar-refractivity contribution in [1.29, 1.82) is 0 Å². The van der Waals surface area contributed by atoms with E-state index in [2.05, 4.69) is 54.5 Å². The molecule has 0 saturated heterocycles. The molecule has 0 aliphatic heterocycles. The van der Waals surface area contributed by atoms with Gasteiger partial charge in [-0.05, 0) is 25.3 Å². The Morgan fingerprint density at radius 1 is 1.24 bits per heavy atom. The molecule has 0 bridgehead atoms. The van der Waals surface area contributed by atoms with E-state index >= 15 is 0 Å². The van der Waals surface area contributed by atoms with E-state index < -0.39 is 0 Å². The Kier molecular flexibility index (Phi) is 4.15. The van der Waals surface area contributed by atoms with Crippen LogP contribution in [0.3, 0.4) is 0 Å². The van der Waals surface area contributed by atoms with E-state index in [4.69, 9.17) is 0 Å². The van der Waals surface area contributed by atoms with E-state index in [-0.39, 0.29) is 0 Å². The molecule has 0 aliphatic carbocycles. The number of nitrogens with one attached hydrogen (secondary N) is 1. The number of hydrogen-bond acceptors (Lipinski definition) is 3. The van der Waals surface area contributed by atoms with E-state index in [0.29, 0.717) is 0 Å². The predicted molar refractivity (Wildman–Crippen MR) is 74.9 cm³/mol. The fourth-order valence-electron chi connectivity index (χ4n) is 1.79. The minimum absolute atomic E-state index is 0.945. The monoisotopic (exact) mass is 246 g/mol. The van der Waals surface area contributed by atoms with Crippen molar-refractivity contribution in [3.63, 3.8) is 0 Å². The van der Waals surface area contributed by atoms with Gasteiger partial charge in [-0.25, -0.2) is 4.98 Å². The molecule has 2 rings (SSSR count). The van der Waals surface area contributed by atoms with E-state index in [1.165, 1.54) is 16.1 Å². The van der Waals surface area contributed by atoms with E-state index in [1.807, 2.05) is 0 Å². The van der Waals surface area contributed by atoms with Crippen LogP contribution in [0.5, 0.6) is 0 Å². The largest absolute Gasteiger partial charge is 0.361 e. The van der Waals surface area contributed by atoms with Gasteiger partial charge in [-0.1, -0.05) is 37.3 Å². The Bertz CT molecular complexity index is 462. The van der Waals surface area contributed by atoms with Crippen molar-refractivity contribution in [3.8, 4) is 0 Å². The summed E-state index contributed by atoms with van der Waals surface area (Å²) in [5.41, 5.74) is 2.58. The summed E-state index contributed by atoms with van der Waals surface area (Å²) in [6.07, 6.45) is 2.06. The van der Waals surface area contributed by atoms with Crippen LogP contribution in [-0.4, -0.2) is 11.5 Å². The smallest absolute Gasteiger partial charge is 0.183 e. The Balaban J connectivity index is 1.86. The number of aryl methyl sites for hydroxylation is 2. The lowest BCUT2D eigenvalue weighted by Crippen LogP contribution is -2.04. The fourth-order valence-corrected chi connectivity index (χ4v) is 2.72. The van der Waals surface area contributed by atoms with Crippen molar-refractivity contribution in [2.45, 2.75) is 26.7 Å². The van der Waals surface area contributed by atoms with Crippen LogP contribution in [0.25, 0.3) is 0 Å². The molecule has 3 heteroatoms. The van der Waals surface area contributed by atoms with E-state index in [0.717, 1.165) is 24.5 Å². The van der Waals surface area contributed by atoms with Gasteiger partial charge in [0.15, 0.2) is 5.13 Å². The van der Waals surface area contributed by atoms with E-state index in [9.17, 15) is 0 Å². The normalized spacial score (nSPS) is 10.5. The summed E-state index contributed by atoms with van der Waals surface area (Å²) in [5, 5.41) is 4.45. The number of anilines is 1. The van der Waals surface area contributed by atoms with Crippen LogP contribution < -0.4 is 5.32 Å². The molecule has 0 fully saturated rings. The van der Waals surface area contributed by atoms with Crippen LogP contribution in [0.2, 0.25) is 0 Å². The molecular formula is C14H18N2S. The predicted octanol–water partition coefficient (Wildman–Crippen LogP) is 3.67. The topological polar surface area (TPSA) is 24.9 Å². The molecule has 0 aliphatic rings. The highest BCUT2D eigenvalue weighted by molar-refractivity contribution is 7.15. The molecule has 0 unspecified atom stereocenters. The molecule has 90 valence electrons. The summed E-state index contributed by atoms with van der Waals surface area (Å²) in [6.45, 7) is 5.23. The zero-order valence-electron chi connectivity index (χ0n) is 10.4. The van der Waals surface area contributed by atoms with Gasteiger partial charge in [0.05, 0.1) is 5.69 Å². The Morgan fingerprint density at radius 3 is 2.65 bits per heavy atom. The maximum Gasteiger partial charge on any atom is 0.183 e. The van der Waals surface area contributed by atoms with Gasteiger partial charge < -0.3 is 5.32 Å². The Morgan fingerprint density at radius 2 is 2.00 bits per heavy atom. The quantitative estimate of drug-likeness (QED) is 0.870. The zero-order chi connectivity index (χ0) is 12.1. The molecule has 0 amide bonds. The molecule has 17 heavy (non-hydrogen) atoms. The highest BCUT2D eigenvalue weighted by Crippen LogP contribution is 2.22.